The summed E-state index contributed by atoms with van der Waals surface area (Å²) in [5, 5.41) is 2.82. The van der Waals surface area contributed by atoms with E-state index in [9.17, 15) is 18.0 Å². The Labute approximate surface area is 147 Å². The van der Waals surface area contributed by atoms with Crippen LogP contribution in [-0.4, -0.2) is 73.8 Å². The minimum atomic E-state index is -3.03. The van der Waals surface area contributed by atoms with Gasteiger partial charge in [0.2, 0.25) is 11.8 Å². The number of benzene rings is 1. The summed E-state index contributed by atoms with van der Waals surface area (Å²) in [6.45, 7) is 2.30. The highest BCUT2D eigenvalue weighted by Crippen LogP contribution is 2.16. The molecule has 0 aromatic heterocycles. The van der Waals surface area contributed by atoms with Gasteiger partial charge in [-0.2, -0.15) is 0 Å². The Kier molecular flexibility index (Phi) is 5.39. The van der Waals surface area contributed by atoms with Gasteiger partial charge in [0, 0.05) is 32.7 Å². The minimum absolute atomic E-state index is 0.00331. The molecule has 0 spiro atoms. The molecule has 8 heteroatoms. The first-order valence-corrected chi connectivity index (χ1v) is 10.3. The lowest BCUT2D eigenvalue weighted by Crippen LogP contribution is -2.56. The van der Waals surface area contributed by atoms with E-state index in [2.05, 4.69) is 5.32 Å². The molecule has 25 heavy (non-hydrogen) atoms. The maximum atomic E-state index is 12.5. The Morgan fingerprint density at radius 1 is 1.12 bits per heavy atom. The van der Waals surface area contributed by atoms with Crippen molar-refractivity contribution >= 4 is 21.7 Å². The molecule has 1 N–H and O–H groups in total. The third kappa shape index (κ3) is 4.58. The molecule has 136 valence electrons. The van der Waals surface area contributed by atoms with Gasteiger partial charge in [-0.05, 0) is 5.56 Å². The minimum Gasteiger partial charge on any atom is -0.353 e. The number of nitrogens with zero attached hydrogens (tertiary/aromatic N) is 2. The van der Waals surface area contributed by atoms with Gasteiger partial charge in [0.05, 0.1) is 24.0 Å². The zero-order valence-electron chi connectivity index (χ0n) is 14.1. The second-order valence-electron chi connectivity index (χ2n) is 6.50. The first-order chi connectivity index (χ1) is 11.9. The molecule has 2 fully saturated rings. The van der Waals surface area contributed by atoms with Crippen LogP contribution in [0.3, 0.4) is 0 Å². The summed E-state index contributed by atoms with van der Waals surface area (Å²) in [4.78, 5) is 28.4. The van der Waals surface area contributed by atoms with E-state index in [1.165, 1.54) is 0 Å². The number of hydrogen-bond acceptors (Lipinski definition) is 5. The quantitative estimate of drug-likeness (QED) is 0.787. The molecule has 2 heterocycles. The molecule has 0 radical (unpaired) electrons. The number of piperazine rings is 1. The van der Waals surface area contributed by atoms with E-state index < -0.39 is 15.9 Å². The van der Waals surface area contributed by atoms with Crippen molar-refractivity contribution < 1.29 is 18.0 Å². The third-order valence-corrected chi connectivity index (χ3v) is 6.34. The van der Waals surface area contributed by atoms with E-state index in [-0.39, 0.29) is 42.8 Å². The molecule has 0 saturated carbocycles. The molecule has 1 atom stereocenters. The second kappa shape index (κ2) is 7.53. The molecule has 2 aliphatic heterocycles. The predicted octanol–water partition coefficient (Wildman–Crippen LogP) is -0.366. The SMILES string of the molecule is O=C1NCCN(Cc2ccccc2)[C@H]1CC(=O)N1CCS(=O)(=O)CC1. The van der Waals surface area contributed by atoms with Crippen LogP contribution < -0.4 is 5.32 Å². The first kappa shape index (κ1) is 17.9. The third-order valence-electron chi connectivity index (χ3n) is 4.74. The van der Waals surface area contributed by atoms with Crippen molar-refractivity contribution in [1.29, 1.82) is 0 Å². The molecule has 1 aromatic carbocycles. The van der Waals surface area contributed by atoms with E-state index in [0.717, 1.165) is 5.56 Å². The number of rotatable bonds is 4. The number of amides is 2. The van der Waals surface area contributed by atoms with Gasteiger partial charge in [-0.1, -0.05) is 30.3 Å². The van der Waals surface area contributed by atoms with Crippen LogP contribution in [0.15, 0.2) is 30.3 Å². The Balaban J connectivity index is 1.65. The first-order valence-electron chi connectivity index (χ1n) is 8.48. The van der Waals surface area contributed by atoms with Gasteiger partial charge in [0.15, 0.2) is 9.84 Å². The van der Waals surface area contributed by atoms with E-state index >= 15 is 0 Å². The fraction of sp³-hybridized carbons (Fsp3) is 0.529. The molecule has 0 bridgehead atoms. The van der Waals surface area contributed by atoms with E-state index in [1.807, 2.05) is 35.2 Å². The largest absolute Gasteiger partial charge is 0.353 e. The lowest BCUT2D eigenvalue weighted by atomic mass is 10.1. The van der Waals surface area contributed by atoms with Crippen LogP contribution in [0.5, 0.6) is 0 Å². The zero-order chi connectivity index (χ0) is 17.9. The normalized spacial score (nSPS) is 23.9. The Bertz CT molecular complexity index is 722. The van der Waals surface area contributed by atoms with Gasteiger partial charge in [0.1, 0.15) is 0 Å². The summed E-state index contributed by atoms with van der Waals surface area (Å²) in [5.41, 5.74) is 1.10. The number of nitrogens with one attached hydrogen (secondary N) is 1. The lowest BCUT2D eigenvalue weighted by Gasteiger charge is -2.36. The molecule has 2 saturated heterocycles. The molecule has 3 rings (SSSR count). The number of sulfone groups is 1. The van der Waals surface area contributed by atoms with Crippen LogP contribution in [0.4, 0.5) is 0 Å². The summed E-state index contributed by atoms with van der Waals surface area (Å²) >= 11 is 0. The molecule has 0 aliphatic carbocycles. The van der Waals surface area contributed by atoms with Gasteiger partial charge in [-0.25, -0.2) is 8.42 Å². The van der Waals surface area contributed by atoms with Gasteiger partial charge >= 0.3 is 0 Å². The molecular formula is C17H23N3O4S. The summed E-state index contributed by atoms with van der Waals surface area (Å²) in [6.07, 6.45) is 0.0821. The van der Waals surface area contributed by atoms with Crippen LogP contribution in [0.1, 0.15) is 12.0 Å². The topological polar surface area (TPSA) is 86.8 Å². The highest BCUT2D eigenvalue weighted by atomic mass is 32.2. The zero-order valence-corrected chi connectivity index (χ0v) is 14.9. The van der Waals surface area contributed by atoms with Gasteiger partial charge < -0.3 is 10.2 Å². The monoisotopic (exact) mass is 365 g/mol. The van der Waals surface area contributed by atoms with Crippen LogP contribution in [0.25, 0.3) is 0 Å². The van der Waals surface area contributed by atoms with E-state index in [0.29, 0.717) is 19.6 Å². The molecular weight excluding hydrogens is 342 g/mol. The van der Waals surface area contributed by atoms with Crippen LogP contribution in [0, 0.1) is 0 Å². The predicted molar refractivity (Wildman–Crippen MR) is 93.5 cm³/mol. The van der Waals surface area contributed by atoms with Crippen molar-refractivity contribution in [3.05, 3.63) is 35.9 Å². The maximum Gasteiger partial charge on any atom is 0.237 e. The summed E-state index contributed by atoms with van der Waals surface area (Å²) in [6, 6.07) is 9.33. The fourth-order valence-corrected chi connectivity index (χ4v) is 4.45. The average molecular weight is 365 g/mol. The van der Waals surface area contributed by atoms with Crippen molar-refractivity contribution in [3.63, 3.8) is 0 Å². The molecule has 2 aliphatic rings. The van der Waals surface area contributed by atoms with Crippen molar-refractivity contribution in [1.82, 2.24) is 15.1 Å². The van der Waals surface area contributed by atoms with Crippen molar-refractivity contribution in [3.8, 4) is 0 Å². The summed E-state index contributed by atoms with van der Waals surface area (Å²) < 4.78 is 23.0. The highest BCUT2D eigenvalue weighted by molar-refractivity contribution is 7.91. The summed E-state index contributed by atoms with van der Waals surface area (Å²) in [7, 11) is -3.03. The molecule has 7 nitrogen and oxygen atoms in total. The van der Waals surface area contributed by atoms with Crippen molar-refractivity contribution in [2.24, 2.45) is 0 Å². The van der Waals surface area contributed by atoms with E-state index in [1.54, 1.807) is 4.90 Å². The lowest BCUT2D eigenvalue weighted by molar-refractivity contribution is -0.138. The molecule has 2 amide bonds. The van der Waals surface area contributed by atoms with Crippen molar-refractivity contribution in [2.45, 2.75) is 19.0 Å². The maximum absolute atomic E-state index is 12.5. The second-order valence-corrected chi connectivity index (χ2v) is 8.80. The highest BCUT2D eigenvalue weighted by Gasteiger charge is 2.34. The van der Waals surface area contributed by atoms with Gasteiger partial charge in [0.25, 0.3) is 0 Å². The number of carbonyl (C=O) groups excluding carboxylic acids is 2. The van der Waals surface area contributed by atoms with Crippen LogP contribution in [0.2, 0.25) is 0 Å². The number of carbonyl (C=O) groups is 2. The number of hydrogen-bond donors (Lipinski definition) is 1. The Morgan fingerprint density at radius 2 is 1.80 bits per heavy atom. The van der Waals surface area contributed by atoms with Gasteiger partial charge in [-0.3, -0.25) is 14.5 Å². The average Bonchev–Trinajstić information content (AvgIpc) is 2.58. The van der Waals surface area contributed by atoms with Crippen LogP contribution in [-0.2, 0) is 26.0 Å². The molecule has 1 aromatic rings. The standard InChI is InChI=1S/C17H23N3O4S/c21-16(19-8-10-25(23,24)11-9-19)12-15-17(22)18-6-7-20(15)13-14-4-2-1-3-5-14/h1-5,15H,6-13H2,(H,18,22)/t15-/m0/s1. The Morgan fingerprint density at radius 3 is 2.48 bits per heavy atom. The summed E-state index contributed by atoms with van der Waals surface area (Å²) in [5.74, 6) is -0.290. The fourth-order valence-electron chi connectivity index (χ4n) is 3.25. The van der Waals surface area contributed by atoms with Gasteiger partial charge in [-0.15, -0.1) is 0 Å². The van der Waals surface area contributed by atoms with Crippen LogP contribution >= 0.6 is 0 Å². The molecule has 0 unspecified atom stereocenters. The van der Waals surface area contributed by atoms with Crippen molar-refractivity contribution in [2.75, 3.05) is 37.7 Å². The smallest absolute Gasteiger partial charge is 0.237 e. The Hall–Kier alpha value is -1.93. The van der Waals surface area contributed by atoms with E-state index in [4.69, 9.17) is 0 Å².